The molecule has 1 heterocycles. The molecule has 0 radical (unpaired) electrons. The van der Waals surface area contributed by atoms with E-state index in [9.17, 15) is 4.79 Å². The molecule has 2 rings (SSSR count). The number of carbonyl (C=O) groups is 1. The normalized spacial score (nSPS) is 10.9. The minimum Gasteiger partial charge on any atom is -0.378 e. The fraction of sp³-hybridized carbons (Fsp3) is 0.500. The van der Waals surface area contributed by atoms with Crippen LogP contribution in [0.4, 0.5) is 5.69 Å². The molecule has 0 saturated heterocycles. The van der Waals surface area contributed by atoms with Crippen LogP contribution in [0.3, 0.4) is 0 Å². The van der Waals surface area contributed by atoms with Crippen LogP contribution in [-0.2, 0) is 0 Å². The van der Waals surface area contributed by atoms with E-state index in [1.54, 1.807) is 0 Å². The summed E-state index contributed by atoms with van der Waals surface area (Å²) in [5, 5.41) is 6.72. The van der Waals surface area contributed by atoms with Gasteiger partial charge in [0.05, 0.1) is 0 Å². The van der Waals surface area contributed by atoms with Gasteiger partial charge in [-0.2, -0.15) is 4.98 Å². The molecule has 0 unspecified atom stereocenters. The zero-order valence-corrected chi connectivity index (χ0v) is 15.5. The fourth-order valence-electron chi connectivity index (χ4n) is 2.46. The molecule has 7 heteroatoms. The Morgan fingerprint density at radius 1 is 1.16 bits per heavy atom. The second-order valence-electron chi connectivity index (χ2n) is 6.00. The minimum atomic E-state index is -0.330. The molecule has 1 amide bonds. The highest BCUT2D eigenvalue weighted by molar-refractivity contribution is 5.89. The quantitative estimate of drug-likeness (QED) is 0.703. The van der Waals surface area contributed by atoms with Gasteiger partial charge in [0.15, 0.2) is 0 Å². The van der Waals surface area contributed by atoms with Crippen LogP contribution >= 0.6 is 0 Å². The van der Waals surface area contributed by atoms with Crippen molar-refractivity contribution in [3.05, 3.63) is 30.2 Å². The Morgan fingerprint density at radius 2 is 1.84 bits per heavy atom. The van der Waals surface area contributed by atoms with Crippen molar-refractivity contribution < 1.29 is 9.32 Å². The molecular weight excluding hydrogens is 318 g/mol. The SMILES string of the molecule is CCN(CC)CCCNC(=O)c1nc(-c2ccc(N(C)C)cc2)no1. The van der Waals surface area contributed by atoms with Crippen LogP contribution in [0.2, 0.25) is 0 Å². The summed E-state index contributed by atoms with van der Waals surface area (Å²) in [6.07, 6.45) is 0.889. The summed E-state index contributed by atoms with van der Waals surface area (Å²) in [4.78, 5) is 20.6. The van der Waals surface area contributed by atoms with Gasteiger partial charge in [0, 0.05) is 31.9 Å². The number of hydrogen-bond donors (Lipinski definition) is 1. The number of rotatable bonds is 9. The summed E-state index contributed by atoms with van der Waals surface area (Å²) in [6.45, 7) is 7.85. The summed E-state index contributed by atoms with van der Waals surface area (Å²) in [7, 11) is 3.96. The van der Waals surface area contributed by atoms with E-state index in [4.69, 9.17) is 4.52 Å². The van der Waals surface area contributed by atoms with Crippen molar-refractivity contribution in [3.63, 3.8) is 0 Å². The van der Waals surface area contributed by atoms with Crippen LogP contribution in [0.15, 0.2) is 28.8 Å². The standard InChI is InChI=1S/C18H27N5O2/c1-5-23(6-2)13-7-12-19-17(24)18-20-16(21-25-18)14-8-10-15(11-9-14)22(3)4/h8-11H,5-7,12-13H2,1-4H3,(H,19,24). The first kappa shape index (κ1) is 18.9. The van der Waals surface area contributed by atoms with Gasteiger partial charge in [-0.25, -0.2) is 0 Å². The number of nitrogens with zero attached hydrogens (tertiary/aromatic N) is 4. The van der Waals surface area contributed by atoms with Crippen molar-refractivity contribution >= 4 is 11.6 Å². The van der Waals surface area contributed by atoms with Crippen molar-refractivity contribution in [2.75, 3.05) is 45.2 Å². The van der Waals surface area contributed by atoms with Crippen LogP contribution in [-0.4, -0.2) is 61.2 Å². The van der Waals surface area contributed by atoms with Crippen LogP contribution in [0.1, 0.15) is 31.0 Å². The van der Waals surface area contributed by atoms with Crippen LogP contribution < -0.4 is 10.2 Å². The monoisotopic (exact) mass is 345 g/mol. The molecule has 0 bridgehead atoms. The Kier molecular flexibility index (Phi) is 6.94. The van der Waals surface area contributed by atoms with Crippen molar-refractivity contribution in [1.29, 1.82) is 0 Å². The minimum absolute atomic E-state index is 0.00507. The molecular formula is C18H27N5O2. The molecule has 25 heavy (non-hydrogen) atoms. The molecule has 7 nitrogen and oxygen atoms in total. The van der Waals surface area contributed by atoms with Crippen LogP contribution in [0.5, 0.6) is 0 Å². The Hall–Kier alpha value is -2.41. The van der Waals surface area contributed by atoms with Gasteiger partial charge in [-0.05, 0) is 50.3 Å². The zero-order chi connectivity index (χ0) is 18.2. The van der Waals surface area contributed by atoms with Gasteiger partial charge in [-0.1, -0.05) is 19.0 Å². The lowest BCUT2D eigenvalue weighted by Crippen LogP contribution is -2.30. The second kappa shape index (κ2) is 9.17. The molecule has 0 aliphatic rings. The maximum atomic E-state index is 12.1. The number of anilines is 1. The lowest BCUT2D eigenvalue weighted by atomic mass is 10.2. The van der Waals surface area contributed by atoms with Gasteiger partial charge in [0.25, 0.3) is 0 Å². The highest BCUT2D eigenvalue weighted by Crippen LogP contribution is 2.19. The summed E-state index contributed by atoms with van der Waals surface area (Å²) in [5.41, 5.74) is 1.90. The zero-order valence-electron chi connectivity index (χ0n) is 15.5. The van der Waals surface area contributed by atoms with Crippen molar-refractivity contribution in [2.45, 2.75) is 20.3 Å². The molecule has 0 atom stereocenters. The van der Waals surface area contributed by atoms with E-state index in [1.807, 2.05) is 43.3 Å². The van der Waals surface area contributed by atoms with E-state index in [-0.39, 0.29) is 11.8 Å². The molecule has 136 valence electrons. The van der Waals surface area contributed by atoms with E-state index >= 15 is 0 Å². The first-order valence-electron chi connectivity index (χ1n) is 8.67. The Labute approximate surface area is 149 Å². The Bertz CT molecular complexity index is 662. The molecule has 0 spiro atoms. The Balaban J connectivity index is 1.88. The largest absolute Gasteiger partial charge is 0.378 e. The lowest BCUT2D eigenvalue weighted by molar-refractivity contribution is 0.0908. The third-order valence-corrected chi connectivity index (χ3v) is 4.09. The van der Waals surface area contributed by atoms with Gasteiger partial charge in [-0.3, -0.25) is 4.79 Å². The summed E-state index contributed by atoms with van der Waals surface area (Å²) >= 11 is 0. The molecule has 0 aliphatic heterocycles. The first-order valence-corrected chi connectivity index (χ1v) is 8.67. The van der Waals surface area contributed by atoms with Gasteiger partial charge >= 0.3 is 11.8 Å². The highest BCUT2D eigenvalue weighted by atomic mass is 16.5. The van der Waals surface area contributed by atoms with E-state index in [2.05, 4.69) is 34.2 Å². The van der Waals surface area contributed by atoms with Gasteiger partial charge in [-0.15, -0.1) is 0 Å². The summed E-state index contributed by atoms with van der Waals surface area (Å²) in [5.74, 6) is 0.0799. The second-order valence-corrected chi connectivity index (χ2v) is 6.00. The summed E-state index contributed by atoms with van der Waals surface area (Å²) in [6, 6.07) is 7.76. The number of benzene rings is 1. The van der Waals surface area contributed by atoms with Crippen molar-refractivity contribution in [3.8, 4) is 11.4 Å². The molecule has 1 aromatic heterocycles. The maximum Gasteiger partial charge on any atom is 0.316 e. The van der Waals surface area contributed by atoms with Gasteiger partial charge in [0.2, 0.25) is 5.82 Å². The summed E-state index contributed by atoms with van der Waals surface area (Å²) < 4.78 is 5.09. The van der Waals surface area contributed by atoms with Crippen molar-refractivity contribution in [1.82, 2.24) is 20.4 Å². The average Bonchev–Trinajstić information content (AvgIpc) is 3.12. The number of carbonyl (C=O) groups excluding carboxylic acids is 1. The van der Waals surface area contributed by atoms with Crippen LogP contribution in [0, 0.1) is 0 Å². The molecule has 1 aromatic carbocycles. The highest BCUT2D eigenvalue weighted by Gasteiger charge is 2.15. The number of aromatic nitrogens is 2. The van der Waals surface area contributed by atoms with E-state index < -0.39 is 0 Å². The molecule has 0 aliphatic carbocycles. The number of hydrogen-bond acceptors (Lipinski definition) is 6. The number of amides is 1. The lowest BCUT2D eigenvalue weighted by Gasteiger charge is -2.17. The van der Waals surface area contributed by atoms with E-state index in [0.717, 1.165) is 37.3 Å². The molecule has 2 aromatic rings. The Morgan fingerprint density at radius 3 is 2.44 bits per heavy atom. The predicted octanol–water partition coefficient (Wildman–Crippen LogP) is 2.26. The third kappa shape index (κ3) is 5.29. The molecule has 0 fully saturated rings. The van der Waals surface area contributed by atoms with E-state index in [1.165, 1.54) is 0 Å². The maximum absolute atomic E-state index is 12.1. The molecule has 0 saturated carbocycles. The van der Waals surface area contributed by atoms with E-state index in [0.29, 0.717) is 12.4 Å². The molecule has 1 N–H and O–H groups in total. The van der Waals surface area contributed by atoms with Gasteiger partial charge < -0.3 is 19.6 Å². The van der Waals surface area contributed by atoms with Crippen LogP contribution in [0.25, 0.3) is 11.4 Å². The van der Waals surface area contributed by atoms with Crippen molar-refractivity contribution in [2.24, 2.45) is 0 Å². The predicted molar refractivity (Wildman–Crippen MR) is 98.8 cm³/mol. The van der Waals surface area contributed by atoms with Gasteiger partial charge in [0.1, 0.15) is 0 Å². The smallest absolute Gasteiger partial charge is 0.316 e. The topological polar surface area (TPSA) is 74.5 Å². The fourth-order valence-corrected chi connectivity index (χ4v) is 2.46. The average molecular weight is 345 g/mol. The first-order chi connectivity index (χ1) is 12.0. The third-order valence-electron chi connectivity index (χ3n) is 4.09. The number of nitrogens with one attached hydrogen (secondary N) is 1.